The van der Waals surface area contributed by atoms with Crippen LogP contribution in [0.3, 0.4) is 0 Å². The molecule has 0 radical (unpaired) electrons. The zero-order chi connectivity index (χ0) is 4.41. The van der Waals surface area contributed by atoms with Gasteiger partial charge in [-0.1, -0.05) is 11.3 Å². The van der Waals surface area contributed by atoms with Gasteiger partial charge < -0.3 is 0 Å². The van der Waals surface area contributed by atoms with E-state index in [2.05, 4.69) is 22.4 Å². The molecule has 0 atom stereocenters. The van der Waals surface area contributed by atoms with Crippen LogP contribution < -0.4 is 0 Å². The van der Waals surface area contributed by atoms with Crippen LogP contribution in [0.5, 0.6) is 0 Å². The Labute approximate surface area is 92.8 Å². The average Bonchev–Trinajstić information content (AvgIpc) is 1.86. The van der Waals surface area contributed by atoms with Crippen LogP contribution in [0.1, 0.15) is 0 Å². The van der Waals surface area contributed by atoms with E-state index in [9.17, 15) is 0 Å². The maximum absolute atomic E-state index is 4.65. The first-order chi connectivity index (χ1) is 2.89. The fourth-order valence-corrected chi connectivity index (χ4v) is 0.668. The summed E-state index contributed by atoms with van der Waals surface area (Å²) >= 11 is 6.07. The quantitative estimate of drug-likeness (QED) is 0.441. The third kappa shape index (κ3) is 3.07. The van der Waals surface area contributed by atoms with Crippen LogP contribution in [0.25, 0.3) is 0 Å². The fraction of sp³-hybridized carbons (Fsp3) is 0. The molecule has 1 rings (SSSR count). The molecule has 1 heterocycles. The van der Waals surface area contributed by atoms with Crippen molar-refractivity contribution in [2.45, 2.75) is 0 Å². The van der Waals surface area contributed by atoms with Crippen LogP contribution in [0.15, 0.2) is 5.51 Å². The van der Waals surface area contributed by atoms with Crippen LogP contribution >= 0.6 is 23.6 Å². The van der Waals surface area contributed by atoms with E-state index in [1.54, 1.807) is 5.51 Å². The van der Waals surface area contributed by atoms with Crippen molar-refractivity contribution in [2.75, 3.05) is 0 Å². The SMILES string of the molecule is S=c1[nH]ncs1.[KH]. The molecule has 2 nitrogen and oxygen atoms in total. The van der Waals surface area contributed by atoms with Crippen molar-refractivity contribution in [1.82, 2.24) is 10.2 Å². The summed E-state index contributed by atoms with van der Waals surface area (Å²) in [6.45, 7) is 0. The minimum absolute atomic E-state index is 0. The molecule has 0 amide bonds. The summed E-state index contributed by atoms with van der Waals surface area (Å²) in [5.74, 6) is 0. The first-order valence-corrected chi connectivity index (χ1v) is 2.66. The van der Waals surface area contributed by atoms with Gasteiger partial charge in [0.1, 0.15) is 5.51 Å². The molecule has 7 heavy (non-hydrogen) atoms. The normalized spacial score (nSPS) is 7.43. The molecule has 0 unspecified atom stereocenters. The summed E-state index contributed by atoms with van der Waals surface area (Å²) < 4.78 is 0.731. The Hall–Kier alpha value is 1.42. The third-order valence-electron chi connectivity index (χ3n) is 0.368. The predicted molar refractivity (Wildman–Crippen MR) is 34.4 cm³/mol. The molecule has 1 aromatic rings. The monoisotopic (exact) mass is 158 g/mol. The number of rotatable bonds is 0. The molecule has 0 aliphatic carbocycles. The van der Waals surface area contributed by atoms with Crippen LogP contribution in [-0.2, 0) is 0 Å². The Kier molecular flexibility index (Phi) is 5.18. The van der Waals surface area contributed by atoms with E-state index in [1.807, 2.05) is 0 Å². The van der Waals surface area contributed by atoms with Crippen LogP contribution in [0, 0.1) is 3.95 Å². The Morgan fingerprint density at radius 2 is 2.57 bits per heavy atom. The standard InChI is InChI=1S/C2H2N2S2.K.H/c5-2-4-3-1-6-2;;/h1H,(H,4,5);;. The zero-order valence-electron chi connectivity index (χ0n) is 2.84. The maximum atomic E-state index is 4.65. The number of aromatic amines is 1. The van der Waals surface area contributed by atoms with E-state index in [1.165, 1.54) is 11.3 Å². The molecule has 5 heteroatoms. The van der Waals surface area contributed by atoms with Crippen molar-refractivity contribution in [3.63, 3.8) is 0 Å². The van der Waals surface area contributed by atoms with Crippen molar-refractivity contribution in [3.05, 3.63) is 9.46 Å². The molecule has 1 aromatic heterocycles. The molecular formula is C2H3KN2S2. The van der Waals surface area contributed by atoms with Crippen LogP contribution in [0.4, 0.5) is 0 Å². The molecule has 0 bridgehead atoms. The second kappa shape index (κ2) is 4.31. The molecule has 0 aromatic carbocycles. The zero-order valence-corrected chi connectivity index (χ0v) is 4.47. The van der Waals surface area contributed by atoms with Crippen molar-refractivity contribution in [3.8, 4) is 0 Å². The van der Waals surface area contributed by atoms with Gasteiger partial charge in [0.25, 0.3) is 0 Å². The minimum atomic E-state index is 0. The number of nitrogens with one attached hydrogen (secondary N) is 1. The van der Waals surface area contributed by atoms with E-state index < -0.39 is 0 Å². The first kappa shape index (κ1) is 8.42. The number of nitrogens with zero attached hydrogens (tertiary/aromatic N) is 1. The number of hydrogen-bond acceptors (Lipinski definition) is 3. The van der Waals surface area contributed by atoms with Gasteiger partial charge in [-0.05, 0) is 12.2 Å². The van der Waals surface area contributed by atoms with E-state index in [4.69, 9.17) is 0 Å². The van der Waals surface area contributed by atoms with E-state index in [0.717, 1.165) is 3.95 Å². The van der Waals surface area contributed by atoms with Crippen molar-refractivity contribution in [1.29, 1.82) is 0 Å². The van der Waals surface area contributed by atoms with Crippen LogP contribution in [0.2, 0.25) is 0 Å². The van der Waals surface area contributed by atoms with Gasteiger partial charge in [0.2, 0.25) is 0 Å². The Morgan fingerprint density at radius 1 is 1.86 bits per heavy atom. The predicted octanol–water partition coefficient (Wildman–Crippen LogP) is 0.552. The Morgan fingerprint density at radius 3 is 2.71 bits per heavy atom. The molecule has 0 spiro atoms. The average molecular weight is 158 g/mol. The molecule has 34 valence electrons. The summed E-state index contributed by atoms with van der Waals surface area (Å²) in [6.07, 6.45) is 0. The van der Waals surface area contributed by atoms with Crippen molar-refractivity contribution >= 4 is 74.9 Å². The summed E-state index contributed by atoms with van der Waals surface area (Å²) in [5.41, 5.74) is 1.67. The second-order valence-electron chi connectivity index (χ2n) is 0.752. The molecule has 0 aliphatic rings. The summed E-state index contributed by atoms with van der Waals surface area (Å²) in [6, 6.07) is 0. The number of H-pyrrole nitrogens is 1. The van der Waals surface area contributed by atoms with Gasteiger partial charge in [0.15, 0.2) is 3.95 Å². The van der Waals surface area contributed by atoms with Crippen molar-refractivity contribution < 1.29 is 0 Å². The second-order valence-corrected chi connectivity index (χ2v) is 2.27. The van der Waals surface area contributed by atoms with E-state index >= 15 is 0 Å². The Bertz CT molecular complexity index is 151. The molecule has 0 saturated heterocycles. The molecule has 1 N–H and O–H groups in total. The van der Waals surface area contributed by atoms with E-state index in [-0.39, 0.29) is 51.4 Å². The summed E-state index contributed by atoms with van der Waals surface area (Å²) in [5, 5.41) is 6.19. The van der Waals surface area contributed by atoms with Gasteiger partial charge in [0.05, 0.1) is 0 Å². The van der Waals surface area contributed by atoms with Crippen molar-refractivity contribution in [2.24, 2.45) is 0 Å². The van der Waals surface area contributed by atoms with Crippen LogP contribution in [-0.4, -0.2) is 61.6 Å². The first-order valence-electron chi connectivity index (χ1n) is 1.38. The van der Waals surface area contributed by atoms with Gasteiger partial charge in [-0.25, -0.2) is 0 Å². The van der Waals surface area contributed by atoms with Gasteiger partial charge in [-0.3, -0.25) is 5.10 Å². The number of hydrogen-bond donors (Lipinski definition) is 1. The van der Waals surface area contributed by atoms with Gasteiger partial charge >= 0.3 is 51.4 Å². The summed E-state index contributed by atoms with van der Waals surface area (Å²) in [7, 11) is 0. The van der Waals surface area contributed by atoms with E-state index in [0.29, 0.717) is 0 Å². The fourth-order valence-electron chi connectivity index (χ4n) is 0.180. The molecule has 0 saturated carbocycles. The third-order valence-corrected chi connectivity index (χ3v) is 1.26. The van der Waals surface area contributed by atoms with Gasteiger partial charge in [-0.15, -0.1) is 0 Å². The topological polar surface area (TPSA) is 28.7 Å². The van der Waals surface area contributed by atoms with Gasteiger partial charge in [-0.2, -0.15) is 5.10 Å². The molecule has 0 fully saturated rings. The Balaban J connectivity index is 0.000000360. The molecule has 0 aliphatic heterocycles. The van der Waals surface area contributed by atoms with Gasteiger partial charge in [0, 0.05) is 0 Å². The summed E-state index contributed by atoms with van der Waals surface area (Å²) in [4.78, 5) is 0. The molecular weight excluding hydrogens is 155 g/mol. The number of aromatic nitrogens is 2.